The van der Waals surface area contributed by atoms with E-state index in [1.807, 2.05) is 37.3 Å². The highest BCUT2D eigenvalue weighted by Crippen LogP contribution is 2.40. The van der Waals surface area contributed by atoms with Crippen LogP contribution in [0.5, 0.6) is 11.6 Å². The molecule has 0 aliphatic heterocycles. The number of pyridine rings is 1. The molecule has 2 heterocycles. The minimum absolute atomic E-state index is 0.0763. The first-order valence-corrected chi connectivity index (χ1v) is 11.4. The minimum atomic E-state index is -0.568. The summed E-state index contributed by atoms with van der Waals surface area (Å²) in [5, 5.41) is 20.6. The molecule has 1 amide bonds. The summed E-state index contributed by atoms with van der Waals surface area (Å²) in [5.74, 6) is -0.0507. The summed E-state index contributed by atoms with van der Waals surface area (Å²) in [4.78, 5) is 18.1. The SMILES string of the molecule is CCn1c(O)c(N=NC(=O)c2cc(-c3ccccc3)nc3ccc(OC)cc23)c2cc(Cl)ccc21. The average molecular weight is 485 g/mol. The maximum absolute atomic E-state index is 13.4. The molecule has 8 heteroatoms. The van der Waals surface area contributed by atoms with Gasteiger partial charge in [0.05, 0.1) is 29.4 Å². The Morgan fingerprint density at radius 1 is 1.06 bits per heavy atom. The number of azo groups is 1. The Bertz CT molecular complexity index is 1610. The van der Waals surface area contributed by atoms with Crippen molar-refractivity contribution in [2.45, 2.75) is 13.5 Å². The van der Waals surface area contributed by atoms with Crippen LogP contribution in [0.25, 0.3) is 33.1 Å². The van der Waals surface area contributed by atoms with E-state index in [0.29, 0.717) is 44.9 Å². The number of carbonyl (C=O) groups excluding carboxylic acids is 1. The molecular weight excluding hydrogens is 464 g/mol. The van der Waals surface area contributed by atoms with E-state index in [9.17, 15) is 9.90 Å². The Morgan fingerprint density at radius 3 is 2.60 bits per heavy atom. The third-order valence-electron chi connectivity index (χ3n) is 5.84. The Kier molecular flexibility index (Phi) is 5.93. The molecule has 0 radical (unpaired) electrons. The van der Waals surface area contributed by atoms with Gasteiger partial charge < -0.3 is 14.4 Å². The Morgan fingerprint density at radius 2 is 1.86 bits per heavy atom. The van der Waals surface area contributed by atoms with Crippen molar-refractivity contribution >= 4 is 45.0 Å². The van der Waals surface area contributed by atoms with E-state index in [-0.39, 0.29) is 11.6 Å². The van der Waals surface area contributed by atoms with Gasteiger partial charge in [-0.3, -0.25) is 4.79 Å². The molecule has 0 aliphatic carbocycles. The highest BCUT2D eigenvalue weighted by molar-refractivity contribution is 6.31. The predicted octanol–water partition coefficient (Wildman–Crippen LogP) is 7.17. The first-order chi connectivity index (χ1) is 17.0. The molecule has 0 spiro atoms. The van der Waals surface area contributed by atoms with E-state index in [1.54, 1.807) is 54.1 Å². The third kappa shape index (κ3) is 4.11. The zero-order chi connectivity index (χ0) is 24.5. The highest BCUT2D eigenvalue weighted by Gasteiger charge is 2.18. The summed E-state index contributed by atoms with van der Waals surface area (Å²) in [5.41, 5.74) is 3.41. The zero-order valence-corrected chi connectivity index (χ0v) is 19.8. The molecule has 7 nitrogen and oxygen atoms in total. The number of hydrogen-bond donors (Lipinski definition) is 1. The number of halogens is 1. The number of methoxy groups -OCH3 is 1. The molecule has 1 N–H and O–H groups in total. The summed E-state index contributed by atoms with van der Waals surface area (Å²) in [6.07, 6.45) is 0. The Labute approximate surface area is 206 Å². The number of nitrogens with zero attached hydrogens (tertiary/aromatic N) is 4. The third-order valence-corrected chi connectivity index (χ3v) is 6.08. The molecule has 174 valence electrons. The van der Waals surface area contributed by atoms with Crippen LogP contribution in [0.3, 0.4) is 0 Å². The summed E-state index contributed by atoms with van der Waals surface area (Å²) >= 11 is 6.17. The lowest BCUT2D eigenvalue weighted by molar-refractivity contribution is 0.0996. The second kappa shape index (κ2) is 9.19. The van der Waals surface area contributed by atoms with Crippen LogP contribution in [-0.4, -0.2) is 27.7 Å². The van der Waals surface area contributed by atoms with Crippen LogP contribution in [0.1, 0.15) is 17.3 Å². The van der Waals surface area contributed by atoms with Gasteiger partial charge in [-0.1, -0.05) is 41.9 Å². The van der Waals surface area contributed by atoms with Crippen molar-refractivity contribution in [3.8, 4) is 22.9 Å². The molecule has 0 atom stereocenters. The van der Waals surface area contributed by atoms with Crippen molar-refractivity contribution in [1.82, 2.24) is 9.55 Å². The van der Waals surface area contributed by atoms with Crippen molar-refractivity contribution in [1.29, 1.82) is 0 Å². The fourth-order valence-electron chi connectivity index (χ4n) is 4.13. The number of benzene rings is 3. The molecule has 0 fully saturated rings. The average Bonchev–Trinajstić information content (AvgIpc) is 3.16. The van der Waals surface area contributed by atoms with Crippen molar-refractivity contribution in [3.63, 3.8) is 0 Å². The first kappa shape index (κ1) is 22.6. The molecule has 0 saturated carbocycles. The maximum Gasteiger partial charge on any atom is 0.296 e. The van der Waals surface area contributed by atoms with Crippen molar-refractivity contribution in [2.75, 3.05) is 7.11 Å². The van der Waals surface area contributed by atoms with E-state index in [2.05, 4.69) is 10.2 Å². The molecule has 5 rings (SSSR count). The largest absolute Gasteiger partial charge is 0.497 e. The molecule has 5 aromatic rings. The van der Waals surface area contributed by atoms with Gasteiger partial charge in [-0.05, 0) is 49.4 Å². The number of aryl methyl sites for hydroxylation is 1. The lowest BCUT2D eigenvalue weighted by atomic mass is 10.0. The van der Waals surface area contributed by atoms with E-state index in [4.69, 9.17) is 21.3 Å². The van der Waals surface area contributed by atoms with Gasteiger partial charge in [-0.2, -0.15) is 0 Å². The van der Waals surface area contributed by atoms with Crippen molar-refractivity contribution < 1.29 is 14.6 Å². The monoisotopic (exact) mass is 484 g/mol. The second-order valence-corrected chi connectivity index (χ2v) is 8.32. The molecule has 0 aliphatic rings. The Balaban J connectivity index is 1.65. The standard InChI is InChI=1S/C27H21ClN4O3/c1-3-32-24-12-9-17(28)13-21(24)25(27(32)34)30-31-26(33)20-15-23(16-7-5-4-6-8-16)29-22-11-10-18(35-2)14-19(20)22/h4-15,34H,3H2,1-2H3. The summed E-state index contributed by atoms with van der Waals surface area (Å²) < 4.78 is 7.04. The molecule has 0 saturated heterocycles. The topological polar surface area (TPSA) is 89.1 Å². The molecule has 0 unspecified atom stereocenters. The van der Waals surface area contributed by atoms with E-state index in [0.717, 1.165) is 11.1 Å². The van der Waals surface area contributed by atoms with Gasteiger partial charge in [0.25, 0.3) is 5.91 Å². The van der Waals surface area contributed by atoms with E-state index < -0.39 is 5.91 Å². The molecule has 3 aromatic carbocycles. The Hall–Kier alpha value is -4.23. The van der Waals surface area contributed by atoms with Crippen LogP contribution in [-0.2, 0) is 6.54 Å². The predicted molar refractivity (Wildman–Crippen MR) is 137 cm³/mol. The summed E-state index contributed by atoms with van der Waals surface area (Å²) in [7, 11) is 1.56. The number of hydrogen-bond acceptors (Lipinski definition) is 5. The summed E-state index contributed by atoms with van der Waals surface area (Å²) in [6.45, 7) is 2.42. The fraction of sp³-hybridized carbons (Fsp3) is 0.111. The van der Waals surface area contributed by atoms with Gasteiger partial charge in [-0.25, -0.2) is 4.98 Å². The van der Waals surface area contributed by atoms with Gasteiger partial charge in [0.15, 0.2) is 5.69 Å². The van der Waals surface area contributed by atoms with Crippen LogP contribution in [0.15, 0.2) is 83.0 Å². The first-order valence-electron chi connectivity index (χ1n) is 11.0. The van der Waals surface area contributed by atoms with Gasteiger partial charge in [0, 0.05) is 27.9 Å². The smallest absolute Gasteiger partial charge is 0.296 e. The number of fused-ring (bicyclic) bond motifs is 2. The second-order valence-electron chi connectivity index (χ2n) is 7.89. The number of aromatic nitrogens is 2. The van der Waals surface area contributed by atoms with Gasteiger partial charge >= 0.3 is 0 Å². The normalized spacial score (nSPS) is 11.5. The minimum Gasteiger partial charge on any atom is -0.497 e. The lowest BCUT2D eigenvalue weighted by Crippen LogP contribution is -1.99. The van der Waals surface area contributed by atoms with E-state index in [1.165, 1.54) is 0 Å². The van der Waals surface area contributed by atoms with Gasteiger partial charge in [0.2, 0.25) is 5.88 Å². The van der Waals surface area contributed by atoms with Gasteiger partial charge in [-0.15, -0.1) is 10.2 Å². The summed E-state index contributed by atoms with van der Waals surface area (Å²) in [6, 6.07) is 21.9. The van der Waals surface area contributed by atoms with E-state index >= 15 is 0 Å². The quantitative estimate of drug-likeness (QED) is 0.268. The number of carbonyl (C=O) groups is 1. The van der Waals surface area contributed by atoms with Crippen LogP contribution >= 0.6 is 11.6 Å². The molecule has 35 heavy (non-hydrogen) atoms. The number of aromatic hydroxyl groups is 1. The fourth-order valence-corrected chi connectivity index (χ4v) is 4.30. The number of amides is 1. The number of ether oxygens (including phenoxy) is 1. The highest BCUT2D eigenvalue weighted by atomic mass is 35.5. The number of rotatable bonds is 5. The molecular formula is C27H21ClN4O3. The van der Waals surface area contributed by atoms with Crippen LogP contribution in [0.2, 0.25) is 5.02 Å². The molecule has 2 aromatic heterocycles. The van der Waals surface area contributed by atoms with Crippen LogP contribution in [0.4, 0.5) is 5.69 Å². The maximum atomic E-state index is 13.4. The molecule has 0 bridgehead atoms. The van der Waals surface area contributed by atoms with Crippen molar-refractivity contribution in [3.05, 3.63) is 83.4 Å². The van der Waals surface area contributed by atoms with Crippen LogP contribution in [0, 0.1) is 0 Å². The zero-order valence-electron chi connectivity index (χ0n) is 19.1. The lowest BCUT2D eigenvalue weighted by Gasteiger charge is -2.09. The van der Waals surface area contributed by atoms with Gasteiger partial charge in [0.1, 0.15) is 5.75 Å². The van der Waals surface area contributed by atoms with Crippen LogP contribution < -0.4 is 4.74 Å². The van der Waals surface area contributed by atoms with Crippen molar-refractivity contribution in [2.24, 2.45) is 10.2 Å².